The Hall–Kier alpha value is -1.07. The van der Waals surface area contributed by atoms with E-state index in [9.17, 15) is 5.11 Å². The first kappa shape index (κ1) is 10.4. The van der Waals surface area contributed by atoms with Crippen molar-refractivity contribution in [2.75, 3.05) is 0 Å². The van der Waals surface area contributed by atoms with Gasteiger partial charge in [-0.2, -0.15) is 0 Å². The van der Waals surface area contributed by atoms with Crippen molar-refractivity contribution in [1.29, 1.82) is 0 Å². The molecular formula is C10H11BrN2O2. The van der Waals surface area contributed by atoms with Crippen LogP contribution in [-0.4, -0.2) is 14.7 Å². The quantitative estimate of drug-likeness (QED) is 0.929. The molecule has 0 aliphatic rings. The van der Waals surface area contributed by atoms with Crippen molar-refractivity contribution in [1.82, 2.24) is 9.55 Å². The summed E-state index contributed by atoms with van der Waals surface area (Å²) >= 11 is 3.31. The van der Waals surface area contributed by atoms with Crippen molar-refractivity contribution in [2.45, 2.75) is 12.5 Å². The van der Waals surface area contributed by atoms with Crippen LogP contribution in [0.25, 0.3) is 0 Å². The maximum absolute atomic E-state index is 9.91. The van der Waals surface area contributed by atoms with Gasteiger partial charge in [-0.25, -0.2) is 4.98 Å². The summed E-state index contributed by atoms with van der Waals surface area (Å²) in [5.41, 5.74) is 0. The average molecular weight is 271 g/mol. The van der Waals surface area contributed by atoms with E-state index in [1.165, 1.54) is 0 Å². The van der Waals surface area contributed by atoms with Crippen molar-refractivity contribution in [3.8, 4) is 0 Å². The molecule has 2 aromatic rings. The van der Waals surface area contributed by atoms with Crippen LogP contribution in [0.3, 0.4) is 0 Å². The van der Waals surface area contributed by atoms with Crippen molar-refractivity contribution in [2.24, 2.45) is 7.05 Å². The molecule has 2 heterocycles. The van der Waals surface area contributed by atoms with Gasteiger partial charge in [0.15, 0.2) is 0 Å². The molecular weight excluding hydrogens is 260 g/mol. The Balaban J connectivity index is 2.14. The van der Waals surface area contributed by atoms with Gasteiger partial charge in [-0.05, 0) is 22.0 Å². The van der Waals surface area contributed by atoms with Gasteiger partial charge in [0.2, 0.25) is 0 Å². The zero-order chi connectivity index (χ0) is 10.8. The minimum absolute atomic E-state index is 0.440. The van der Waals surface area contributed by atoms with Crippen LogP contribution in [0.2, 0.25) is 0 Å². The Morgan fingerprint density at radius 1 is 1.67 bits per heavy atom. The van der Waals surface area contributed by atoms with Crippen LogP contribution in [-0.2, 0) is 13.5 Å². The lowest BCUT2D eigenvalue weighted by Crippen LogP contribution is -2.06. The lowest BCUT2D eigenvalue weighted by atomic mass is 10.2. The summed E-state index contributed by atoms with van der Waals surface area (Å²) in [5, 5.41) is 9.91. The second-order valence-electron chi connectivity index (χ2n) is 3.31. The topological polar surface area (TPSA) is 51.2 Å². The number of nitrogens with zero attached hydrogens (tertiary/aromatic N) is 2. The molecule has 0 aliphatic heterocycles. The molecule has 0 saturated carbocycles. The molecule has 5 heteroatoms. The fourth-order valence-electron chi connectivity index (χ4n) is 1.40. The van der Waals surface area contributed by atoms with Gasteiger partial charge in [-0.1, -0.05) is 0 Å². The highest BCUT2D eigenvalue weighted by molar-refractivity contribution is 9.10. The Morgan fingerprint density at radius 2 is 2.47 bits per heavy atom. The third-order valence-corrected chi connectivity index (χ3v) is 2.90. The van der Waals surface area contributed by atoms with Crippen molar-refractivity contribution < 1.29 is 9.52 Å². The summed E-state index contributed by atoms with van der Waals surface area (Å²) in [6.07, 6.45) is 4.87. The standard InChI is InChI=1S/C10H11BrN2O2/c1-13-4-3-12-9(13)6-8(14)10-7(11)2-5-15-10/h2-5,8,14H,6H2,1H3. The third-order valence-electron chi connectivity index (χ3n) is 2.24. The fraction of sp³-hybridized carbons (Fsp3) is 0.300. The number of rotatable bonds is 3. The predicted octanol–water partition coefficient (Wildman–Crippen LogP) is 2.05. The molecule has 0 fully saturated rings. The zero-order valence-corrected chi connectivity index (χ0v) is 9.81. The number of furan rings is 1. The summed E-state index contributed by atoms with van der Waals surface area (Å²) in [5.74, 6) is 1.36. The van der Waals surface area contributed by atoms with E-state index in [0.29, 0.717) is 12.2 Å². The largest absolute Gasteiger partial charge is 0.465 e. The van der Waals surface area contributed by atoms with Gasteiger partial charge in [0.1, 0.15) is 17.7 Å². The number of imidazole rings is 1. The highest BCUT2D eigenvalue weighted by Gasteiger charge is 2.17. The van der Waals surface area contributed by atoms with Crippen molar-refractivity contribution >= 4 is 15.9 Å². The van der Waals surface area contributed by atoms with Crippen LogP contribution < -0.4 is 0 Å². The van der Waals surface area contributed by atoms with Gasteiger partial charge in [0, 0.05) is 25.9 Å². The zero-order valence-electron chi connectivity index (χ0n) is 8.22. The van der Waals surface area contributed by atoms with E-state index in [0.717, 1.165) is 10.3 Å². The SMILES string of the molecule is Cn1ccnc1CC(O)c1occc1Br. The van der Waals surface area contributed by atoms with Crippen LogP contribution in [0.15, 0.2) is 33.6 Å². The first-order valence-corrected chi connectivity index (χ1v) is 5.35. The molecule has 2 aromatic heterocycles. The second kappa shape index (κ2) is 4.20. The van der Waals surface area contributed by atoms with Gasteiger partial charge in [0.25, 0.3) is 0 Å². The number of aliphatic hydroxyl groups is 1. The highest BCUT2D eigenvalue weighted by Crippen LogP contribution is 2.26. The van der Waals surface area contributed by atoms with E-state index in [1.807, 2.05) is 17.8 Å². The molecule has 0 bridgehead atoms. The number of hydrogen-bond donors (Lipinski definition) is 1. The van der Waals surface area contributed by atoms with E-state index >= 15 is 0 Å². The number of halogens is 1. The van der Waals surface area contributed by atoms with Crippen molar-refractivity contribution in [3.63, 3.8) is 0 Å². The van der Waals surface area contributed by atoms with Gasteiger partial charge in [-0.15, -0.1) is 0 Å². The Kier molecular flexibility index (Phi) is 2.93. The van der Waals surface area contributed by atoms with Gasteiger partial charge < -0.3 is 14.1 Å². The molecule has 1 atom stereocenters. The lowest BCUT2D eigenvalue weighted by molar-refractivity contribution is 0.146. The lowest BCUT2D eigenvalue weighted by Gasteiger charge is -2.08. The normalized spacial score (nSPS) is 13.0. The minimum Gasteiger partial charge on any atom is -0.465 e. The van der Waals surface area contributed by atoms with E-state index in [4.69, 9.17) is 4.42 Å². The van der Waals surface area contributed by atoms with Gasteiger partial charge in [-0.3, -0.25) is 0 Å². The molecule has 2 rings (SSSR count). The summed E-state index contributed by atoms with van der Waals surface area (Å²) in [6.45, 7) is 0. The molecule has 1 unspecified atom stereocenters. The molecule has 80 valence electrons. The predicted molar refractivity (Wildman–Crippen MR) is 58.3 cm³/mol. The third kappa shape index (κ3) is 2.13. The molecule has 0 amide bonds. The maximum atomic E-state index is 9.91. The van der Waals surface area contributed by atoms with Crippen molar-refractivity contribution in [3.05, 3.63) is 40.8 Å². The monoisotopic (exact) mass is 270 g/mol. The molecule has 1 N–H and O–H groups in total. The molecule has 0 saturated heterocycles. The molecule has 0 aliphatic carbocycles. The summed E-state index contributed by atoms with van der Waals surface area (Å²) in [7, 11) is 1.90. The minimum atomic E-state index is -0.671. The van der Waals surface area contributed by atoms with Crippen LogP contribution in [0.1, 0.15) is 17.7 Å². The molecule has 0 aromatic carbocycles. The van der Waals surface area contributed by atoms with E-state index in [1.54, 1.807) is 18.5 Å². The number of aliphatic hydroxyl groups excluding tert-OH is 1. The number of aryl methyl sites for hydroxylation is 1. The molecule has 15 heavy (non-hydrogen) atoms. The van der Waals surface area contributed by atoms with E-state index < -0.39 is 6.10 Å². The number of hydrogen-bond acceptors (Lipinski definition) is 3. The van der Waals surface area contributed by atoms with Crippen LogP contribution in [0.5, 0.6) is 0 Å². The van der Waals surface area contributed by atoms with E-state index in [2.05, 4.69) is 20.9 Å². The summed E-state index contributed by atoms with van der Waals surface area (Å²) in [6, 6.07) is 1.76. The molecule has 0 radical (unpaired) electrons. The summed E-state index contributed by atoms with van der Waals surface area (Å²) in [4.78, 5) is 4.14. The highest BCUT2D eigenvalue weighted by atomic mass is 79.9. The first-order chi connectivity index (χ1) is 7.18. The smallest absolute Gasteiger partial charge is 0.146 e. The maximum Gasteiger partial charge on any atom is 0.146 e. The van der Waals surface area contributed by atoms with Gasteiger partial charge >= 0.3 is 0 Å². The second-order valence-corrected chi connectivity index (χ2v) is 4.16. The fourth-order valence-corrected chi connectivity index (χ4v) is 1.87. The average Bonchev–Trinajstić information content (AvgIpc) is 2.76. The Labute approximate surface area is 95.7 Å². The van der Waals surface area contributed by atoms with Crippen LogP contribution in [0.4, 0.5) is 0 Å². The van der Waals surface area contributed by atoms with Gasteiger partial charge in [0.05, 0.1) is 10.7 Å². The number of aromatic nitrogens is 2. The molecule has 4 nitrogen and oxygen atoms in total. The Bertz CT molecular complexity index is 450. The first-order valence-electron chi connectivity index (χ1n) is 4.55. The Morgan fingerprint density at radius 3 is 3.00 bits per heavy atom. The summed E-state index contributed by atoms with van der Waals surface area (Å²) < 4.78 is 7.84. The molecule has 0 spiro atoms. The van der Waals surface area contributed by atoms with Crippen LogP contribution in [0, 0.1) is 0 Å². The van der Waals surface area contributed by atoms with E-state index in [-0.39, 0.29) is 0 Å². The van der Waals surface area contributed by atoms with Crippen LogP contribution >= 0.6 is 15.9 Å².